The third-order valence-corrected chi connectivity index (χ3v) is 4.24. The van der Waals surface area contributed by atoms with Crippen LogP contribution in [0.2, 0.25) is 0 Å². The first-order chi connectivity index (χ1) is 13.3. The van der Waals surface area contributed by atoms with Gasteiger partial charge < -0.3 is 15.2 Å². The predicted octanol–water partition coefficient (Wildman–Crippen LogP) is 3.07. The predicted molar refractivity (Wildman–Crippen MR) is 108 cm³/mol. The van der Waals surface area contributed by atoms with Gasteiger partial charge in [0.25, 0.3) is 0 Å². The van der Waals surface area contributed by atoms with Crippen LogP contribution in [0.25, 0.3) is 0 Å². The van der Waals surface area contributed by atoms with E-state index in [1.165, 1.54) is 24.3 Å². The van der Waals surface area contributed by atoms with E-state index in [2.05, 4.69) is 5.32 Å². The molecule has 0 unspecified atom stereocenters. The Morgan fingerprint density at radius 1 is 1.14 bits per heavy atom. The van der Waals surface area contributed by atoms with Gasteiger partial charge in [0.05, 0.1) is 5.75 Å². The molecule has 0 bridgehead atoms. The zero-order chi connectivity index (χ0) is 22.4. The molecule has 0 aliphatic heterocycles. The fourth-order valence-electron chi connectivity index (χ4n) is 2.45. The molecule has 1 aromatic carbocycles. The number of thiol groups is 1. The summed E-state index contributed by atoms with van der Waals surface area (Å²) in [7, 11) is -2.58. The number of hydrogen-bond acceptors (Lipinski definition) is 6. The summed E-state index contributed by atoms with van der Waals surface area (Å²) >= 11 is 0. The number of carboxylic acid groups (broad SMARTS) is 1. The summed E-state index contributed by atoms with van der Waals surface area (Å²) in [4.78, 5) is 37.7. The molecular formula is C19H28N2O7S. The van der Waals surface area contributed by atoms with Gasteiger partial charge in [-0.2, -0.15) is 0 Å². The lowest BCUT2D eigenvalue weighted by Gasteiger charge is -2.30. The average molecular weight is 429 g/mol. The second-order valence-electron chi connectivity index (χ2n) is 7.95. The highest BCUT2D eigenvalue weighted by Crippen LogP contribution is 2.19. The zero-order valence-corrected chi connectivity index (χ0v) is 18.1. The second kappa shape index (κ2) is 10.2. The van der Waals surface area contributed by atoms with Crippen molar-refractivity contribution in [3.63, 3.8) is 0 Å². The third kappa shape index (κ3) is 8.51. The lowest BCUT2D eigenvalue weighted by atomic mass is 10.0. The third-order valence-electron chi connectivity index (χ3n) is 3.62. The standard InChI is InChI=1S/C19H28N2O7S/c1-12(2)10-15(16(22)23)21(18(25)28-19(3,4)5)17(24)20-14-8-6-13(7-9-14)11-29(26)27/h6-9,12,15,29H,10-11H2,1-5H3,(H,20,24)(H,22,23)/t15-/m0/s1. The highest BCUT2D eigenvalue weighted by Gasteiger charge is 2.38. The van der Waals surface area contributed by atoms with Gasteiger partial charge in [-0.1, -0.05) is 26.0 Å². The van der Waals surface area contributed by atoms with Gasteiger partial charge in [0.1, 0.15) is 22.3 Å². The van der Waals surface area contributed by atoms with Gasteiger partial charge in [0.2, 0.25) is 0 Å². The quantitative estimate of drug-likeness (QED) is 0.569. The number of imide groups is 1. The molecule has 1 rings (SSSR count). The minimum atomic E-state index is -2.58. The van der Waals surface area contributed by atoms with E-state index in [-0.39, 0.29) is 23.8 Å². The van der Waals surface area contributed by atoms with Crippen LogP contribution in [0, 0.1) is 5.92 Å². The first kappa shape index (κ1) is 24.4. The van der Waals surface area contributed by atoms with Gasteiger partial charge in [-0.25, -0.2) is 27.7 Å². The van der Waals surface area contributed by atoms with Crippen LogP contribution in [0.5, 0.6) is 0 Å². The first-order valence-electron chi connectivity index (χ1n) is 9.07. The fraction of sp³-hybridized carbons (Fsp3) is 0.526. The summed E-state index contributed by atoms with van der Waals surface area (Å²) in [5.74, 6) is -1.56. The number of urea groups is 1. The highest BCUT2D eigenvalue weighted by atomic mass is 32.2. The van der Waals surface area contributed by atoms with Crippen LogP contribution in [-0.4, -0.2) is 48.2 Å². The molecule has 0 radical (unpaired) electrons. The van der Waals surface area contributed by atoms with Crippen molar-refractivity contribution in [3.05, 3.63) is 29.8 Å². The zero-order valence-electron chi connectivity index (χ0n) is 17.2. The van der Waals surface area contributed by atoms with Gasteiger partial charge in [0, 0.05) is 5.69 Å². The number of amides is 3. The molecule has 29 heavy (non-hydrogen) atoms. The summed E-state index contributed by atoms with van der Waals surface area (Å²) in [5.41, 5.74) is -0.110. The number of rotatable bonds is 7. The van der Waals surface area contributed by atoms with Crippen molar-refractivity contribution < 1.29 is 32.6 Å². The Hall–Kier alpha value is -2.62. The van der Waals surface area contributed by atoms with E-state index in [1.807, 2.05) is 0 Å². The lowest BCUT2D eigenvalue weighted by molar-refractivity contribution is -0.142. The van der Waals surface area contributed by atoms with Gasteiger partial charge >= 0.3 is 18.1 Å². The van der Waals surface area contributed by atoms with Crippen LogP contribution >= 0.6 is 0 Å². The molecule has 0 fully saturated rings. The SMILES string of the molecule is CC(C)C[C@@H](C(=O)O)N(C(=O)Nc1ccc(C[SH](=O)=O)cc1)C(=O)OC(C)(C)C. The topological polar surface area (TPSA) is 130 Å². The van der Waals surface area contributed by atoms with E-state index in [1.54, 1.807) is 34.6 Å². The largest absolute Gasteiger partial charge is 0.480 e. The summed E-state index contributed by atoms with van der Waals surface area (Å²) in [5, 5.41) is 12.1. The van der Waals surface area contributed by atoms with Crippen LogP contribution in [0.15, 0.2) is 24.3 Å². The number of aliphatic carboxylic acids is 1. The van der Waals surface area contributed by atoms with Crippen LogP contribution < -0.4 is 5.32 Å². The Morgan fingerprint density at radius 3 is 2.10 bits per heavy atom. The Balaban J connectivity index is 3.14. The number of ether oxygens (including phenoxy) is 1. The van der Waals surface area contributed by atoms with Crippen LogP contribution in [-0.2, 0) is 26.0 Å². The molecule has 0 aliphatic rings. The molecular weight excluding hydrogens is 400 g/mol. The van der Waals surface area contributed by atoms with Crippen molar-refractivity contribution in [2.45, 2.75) is 58.4 Å². The van der Waals surface area contributed by atoms with E-state index < -0.39 is 40.4 Å². The lowest BCUT2D eigenvalue weighted by Crippen LogP contribution is -2.52. The number of nitrogens with one attached hydrogen (secondary N) is 1. The maximum Gasteiger partial charge on any atom is 0.419 e. The average Bonchev–Trinajstić information content (AvgIpc) is 2.53. The summed E-state index contributed by atoms with van der Waals surface area (Å²) in [6.45, 7) is 8.39. The minimum Gasteiger partial charge on any atom is -0.480 e. The molecule has 1 atom stereocenters. The molecule has 0 aliphatic carbocycles. The number of nitrogens with zero attached hydrogens (tertiary/aromatic N) is 1. The highest BCUT2D eigenvalue weighted by molar-refractivity contribution is 7.71. The normalized spacial score (nSPS) is 12.5. The summed E-state index contributed by atoms with van der Waals surface area (Å²) in [6.07, 6.45) is -1.01. The van der Waals surface area contributed by atoms with Crippen molar-refractivity contribution in [1.82, 2.24) is 4.90 Å². The van der Waals surface area contributed by atoms with E-state index >= 15 is 0 Å². The van der Waals surface area contributed by atoms with E-state index in [0.29, 0.717) is 10.5 Å². The molecule has 10 heteroatoms. The van der Waals surface area contributed by atoms with E-state index in [0.717, 1.165) is 0 Å². The monoisotopic (exact) mass is 428 g/mol. The number of carboxylic acids is 1. The molecule has 0 aromatic heterocycles. The maximum absolute atomic E-state index is 12.8. The number of carbonyl (C=O) groups is 3. The Bertz CT molecular complexity index is 803. The summed E-state index contributed by atoms with van der Waals surface area (Å²) < 4.78 is 26.8. The Morgan fingerprint density at radius 2 is 1.69 bits per heavy atom. The molecule has 3 amide bonds. The second-order valence-corrected chi connectivity index (χ2v) is 8.93. The molecule has 0 heterocycles. The van der Waals surface area contributed by atoms with Crippen molar-refractivity contribution in [2.75, 3.05) is 5.32 Å². The van der Waals surface area contributed by atoms with E-state index in [9.17, 15) is 27.9 Å². The van der Waals surface area contributed by atoms with Crippen LogP contribution in [0.4, 0.5) is 15.3 Å². The Kier molecular flexibility index (Phi) is 8.62. The maximum atomic E-state index is 12.8. The molecule has 1 aromatic rings. The molecule has 2 N–H and O–H groups in total. The van der Waals surface area contributed by atoms with Crippen LogP contribution in [0.1, 0.15) is 46.6 Å². The van der Waals surface area contributed by atoms with Gasteiger partial charge in [0.15, 0.2) is 0 Å². The number of carbonyl (C=O) groups excluding carboxylic acids is 2. The van der Waals surface area contributed by atoms with Gasteiger partial charge in [-0.3, -0.25) is 0 Å². The molecule has 9 nitrogen and oxygen atoms in total. The van der Waals surface area contributed by atoms with Gasteiger partial charge in [-0.15, -0.1) is 0 Å². The van der Waals surface area contributed by atoms with Crippen molar-refractivity contribution >= 4 is 34.5 Å². The number of anilines is 1. The molecule has 0 saturated heterocycles. The van der Waals surface area contributed by atoms with E-state index in [4.69, 9.17) is 4.74 Å². The molecule has 162 valence electrons. The minimum absolute atomic E-state index is 0.0531. The first-order valence-corrected chi connectivity index (χ1v) is 10.4. The number of hydrogen-bond donors (Lipinski definition) is 3. The molecule has 0 spiro atoms. The van der Waals surface area contributed by atoms with Crippen LogP contribution in [0.3, 0.4) is 0 Å². The summed E-state index contributed by atoms with van der Waals surface area (Å²) in [6, 6.07) is 3.61. The van der Waals surface area contributed by atoms with Crippen molar-refractivity contribution in [2.24, 2.45) is 5.92 Å². The van der Waals surface area contributed by atoms with Crippen molar-refractivity contribution in [1.29, 1.82) is 0 Å². The smallest absolute Gasteiger partial charge is 0.419 e. The number of benzene rings is 1. The fourth-order valence-corrected chi connectivity index (χ4v) is 2.96. The van der Waals surface area contributed by atoms with Crippen molar-refractivity contribution in [3.8, 4) is 0 Å². The van der Waals surface area contributed by atoms with Gasteiger partial charge in [-0.05, 0) is 50.8 Å². The molecule has 0 saturated carbocycles. The Labute approximate surface area is 172 Å².